The number of nitrogens with one attached hydrogen (secondary N) is 3. The van der Waals surface area contributed by atoms with Gasteiger partial charge in [0, 0.05) is 18.2 Å². The van der Waals surface area contributed by atoms with E-state index in [9.17, 15) is 33.9 Å². The van der Waals surface area contributed by atoms with Crippen LogP contribution in [0.3, 0.4) is 0 Å². The summed E-state index contributed by atoms with van der Waals surface area (Å²) in [5, 5.41) is 12.4. The number of carbonyl (C=O) groups is 6. The third-order valence-electron chi connectivity index (χ3n) is 5.62. The Morgan fingerprint density at radius 3 is 1.65 bits per heavy atom. The Morgan fingerprint density at radius 1 is 0.674 bits per heavy atom. The highest BCUT2D eigenvalue weighted by Crippen LogP contribution is 2.18. The van der Waals surface area contributed by atoms with Crippen molar-refractivity contribution in [2.24, 2.45) is 0 Å². The maximum atomic E-state index is 13.2. The monoisotopic (exact) mass is 593 g/mol. The zero-order chi connectivity index (χ0) is 31.5. The van der Waals surface area contributed by atoms with Gasteiger partial charge in [-0.3, -0.25) is 25.2 Å². The van der Waals surface area contributed by atoms with E-state index in [4.69, 9.17) is 18.9 Å². The van der Waals surface area contributed by atoms with Crippen molar-refractivity contribution in [1.82, 2.24) is 10.9 Å². The molecule has 14 heteroatoms. The Bertz CT molecular complexity index is 1520. The minimum Gasteiger partial charge on any atom is -0.497 e. The quantitative estimate of drug-likeness (QED) is 0.187. The lowest BCUT2D eigenvalue weighted by Crippen LogP contribution is -2.54. The van der Waals surface area contributed by atoms with Crippen molar-refractivity contribution in [3.05, 3.63) is 89.5 Å². The summed E-state index contributed by atoms with van der Waals surface area (Å²) >= 11 is 0. The molecule has 3 aromatic carbocycles. The van der Waals surface area contributed by atoms with Crippen LogP contribution in [-0.4, -0.2) is 67.2 Å². The first-order chi connectivity index (χ1) is 20.5. The van der Waals surface area contributed by atoms with Crippen LogP contribution in [0.4, 0.5) is 5.69 Å². The van der Waals surface area contributed by atoms with Crippen LogP contribution in [0.15, 0.2) is 72.8 Å². The van der Waals surface area contributed by atoms with Gasteiger partial charge in [0.05, 0.1) is 25.3 Å². The van der Waals surface area contributed by atoms with E-state index in [-0.39, 0.29) is 34.1 Å². The molecule has 0 fully saturated rings. The van der Waals surface area contributed by atoms with Gasteiger partial charge in [-0.25, -0.2) is 14.4 Å². The molecule has 3 amide bonds. The van der Waals surface area contributed by atoms with Gasteiger partial charge in [-0.2, -0.15) is 0 Å². The number of hydrogen-bond acceptors (Lipinski definition) is 10. The lowest BCUT2D eigenvalue weighted by molar-refractivity contribution is -0.159. The molecule has 0 radical (unpaired) electrons. The normalized spacial score (nSPS) is 11.6. The molecule has 3 aromatic rings. The first kappa shape index (κ1) is 31.6. The van der Waals surface area contributed by atoms with E-state index in [1.807, 2.05) is 5.43 Å². The average molecular weight is 594 g/mol. The summed E-state index contributed by atoms with van der Waals surface area (Å²) in [6.45, 7) is 1.31. The van der Waals surface area contributed by atoms with E-state index in [2.05, 4.69) is 10.7 Å². The zero-order valence-corrected chi connectivity index (χ0v) is 23.1. The van der Waals surface area contributed by atoms with Gasteiger partial charge in [0.15, 0.2) is 0 Å². The summed E-state index contributed by atoms with van der Waals surface area (Å²) in [5.74, 6) is -6.08. The fourth-order valence-electron chi connectivity index (χ4n) is 3.53. The van der Waals surface area contributed by atoms with Gasteiger partial charge in [0.2, 0.25) is 18.1 Å². The maximum absolute atomic E-state index is 13.2. The predicted octanol–water partition coefficient (Wildman–Crippen LogP) is 1.96. The van der Waals surface area contributed by atoms with E-state index in [1.165, 1.54) is 93.9 Å². The number of rotatable bonds is 11. The number of carboxylic acids is 1. The Morgan fingerprint density at radius 2 is 1.19 bits per heavy atom. The Hall–Kier alpha value is -5.92. The number of hydrazine groups is 1. The second kappa shape index (κ2) is 14.6. The van der Waals surface area contributed by atoms with Crippen molar-refractivity contribution in [3.63, 3.8) is 0 Å². The summed E-state index contributed by atoms with van der Waals surface area (Å²) in [7, 11) is 2.71. The number of aliphatic carboxylic acids is 1. The number of anilines is 1. The van der Waals surface area contributed by atoms with Crippen molar-refractivity contribution in [3.8, 4) is 11.5 Å². The van der Waals surface area contributed by atoms with Crippen LogP contribution in [0.1, 0.15) is 38.0 Å². The molecule has 0 aliphatic rings. The zero-order valence-electron chi connectivity index (χ0n) is 23.1. The second-order valence-corrected chi connectivity index (χ2v) is 8.66. The van der Waals surface area contributed by atoms with E-state index >= 15 is 0 Å². The number of carboxylic acid groups (broad SMARTS) is 1. The Kier molecular flexibility index (Phi) is 10.8. The molecular weight excluding hydrogens is 566 g/mol. The second-order valence-electron chi connectivity index (χ2n) is 8.66. The predicted molar refractivity (Wildman–Crippen MR) is 148 cm³/mol. The van der Waals surface area contributed by atoms with Crippen LogP contribution in [0, 0.1) is 0 Å². The molecule has 4 N–H and O–H groups in total. The Labute approximate surface area is 244 Å². The van der Waals surface area contributed by atoms with Gasteiger partial charge in [0.1, 0.15) is 11.5 Å². The summed E-state index contributed by atoms with van der Waals surface area (Å²) < 4.78 is 20.4. The average Bonchev–Trinajstić information content (AvgIpc) is 3.01. The van der Waals surface area contributed by atoms with Gasteiger partial charge in [-0.1, -0.05) is 12.1 Å². The summed E-state index contributed by atoms with van der Waals surface area (Å²) in [4.78, 5) is 74.9. The fraction of sp³-hybridized carbons (Fsp3) is 0.172. The molecule has 14 nitrogen and oxygen atoms in total. The van der Waals surface area contributed by atoms with Crippen molar-refractivity contribution in [2.45, 2.75) is 19.1 Å². The standard InChI is InChI=1S/C29H27N3O11/c1-16(33)30-20-12-10-17(11-13-20)25(34)31-32-26(35)23(42-28(38)18-6-4-8-21(14-18)40-2)24(27(36)37)43-29(39)19-7-5-9-22(15-19)41-3/h4-15,23-24H,1-3H3,(H,30,33)(H,31,34)(H,32,35)(H,36,37)/t23-,24+/m0/s1. The smallest absolute Gasteiger partial charge is 0.349 e. The summed E-state index contributed by atoms with van der Waals surface area (Å²) in [6.07, 6.45) is -4.62. The first-order valence-corrected chi connectivity index (χ1v) is 12.4. The SMILES string of the molecule is COc1cccc(C(=O)O[C@H](C(=O)NNC(=O)c2ccc(NC(C)=O)cc2)[C@@H](OC(=O)c2cccc(OC)c2)C(=O)O)c1. The third kappa shape index (κ3) is 8.78. The van der Waals surface area contributed by atoms with Crippen molar-refractivity contribution < 1.29 is 52.8 Å². The van der Waals surface area contributed by atoms with E-state index in [0.29, 0.717) is 5.69 Å². The van der Waals surface area contributed by atoms with E-state index in [1.54, 1.807) is 0 Å². The van der Waals surface area contributed by atoms with Crippen LogP contribution in [0.5, 0.6) is 11.5 Å². The number of benzene rings is 3. The molecule has 224 valence electrons. The van der Waals surface area contributed by atoms with Crippen LogP contribution in [0.2, 0.25) is 0 Å². The highest BCUT2D eigenvalue weighted by atomic mass is 16.6. The van der Waals surface area contributed by atoms with E-state index in [0.717, 1.165) is 0 Å². The molecule has 0 aromatic heterocycles. The number of amides is 3. The topological polar surface area (TPSA) is 196 Å². The third-order valence-corrected chi connectivity index (χ3v) is 5.62. The van der Waals surface area contributed by atoms with Gasteiger partial charge in [0.25, 0.3) is 11.8 Å². The maximum Gasteiger partial charge on any atom is 0.349 e. The summed E-state index contributed by atoms with van der Waals surface area (Å²) in [6, 6.07) is 16.8. The van der Waals surface area contributed by atoms with Crippen molar-refractivity contribution in [1.29, 1.82) is 0 Å². The van der Waals surface area contributed by atoms with Crippen LogP contribution >= 0.6 is 0 Å². The molecule has 2 atom stereocenters. The number of methoxy groups -OCH3 is 2. The van der Waals surface area contributed by atoms with Crippen molar-refractivity contribution in [2.75, 3.05) is 19.5 Å². The molecule has 0 aliphatic carbocycles. The number of ether oxygens (including phenoxy) is 4. The minimum atomic E-state index is -2.35. The van der Waals surface area contributed by atoms with Gasteiger partial charge in [-0.15, -0.1) is 0 Å². The lowest BCUT2D eigenvalue weighted by Gasteiger charge is -2.23. The van der Waals surface area contributed by atoms with Crippen molar-refractivity contribution >= 4 is 41.3 Å². The van der Waals surface area contributed by atoms with Gasteiger partial charge in [-0.05, 0) is 60.7 Å². The van der Waals surface area contributed by atoms with Crippen LogP contribution in [0.25, 0.3) is 0 Å². The number of carbonyl (C=O) groups excluding carboxylic acids is 5. The van der Waals surface area contributed by atoms with Gasteiger partial charge < -0.3 is 29.4 Å². The molecular formula is C29H27N3O11. The molecule has 0 unspecified atom stereocenters. The van der Waals surface area contributed by atoms with Gasteiger partial charge >= 0.3 is 17.9 Å². The number of hydrogen-bond donors (Lipinski definition) is 4. The molecule has 0 aliphatic heterocycles. The lowest BCUT2D eigenvalue weighted by atomic mass is 10.1. The highest BCUT2D eigenvalue weighted by Gasteiger charge is 2.41. The first-order valence-electron chi connectivity index (χ1n) is 12.4. The number of esters is 2. The minimum absolute atomic E-state index is 0.0542. The Balaban J connectivity index is 1.84. The molecule has 0 saturated heterocycles. The highest BCUT2D eigenvalue weighted by molar-refractivity contribution is 5.99. The molecule has 0 spiro atoms. The molecule has 0 saturated carbocycles. The van der Waals surface area contributed by atoms with Crippen LogP contribution < -0.4 is 25.6 Å². The summed E-state index contributed by atoms with van der Waals surface area (Å²) in [5.41, 5.74) is 4.32. The molecule has 3 rings (SSSR count). The molecule has 43 heavy (non-hydrogen) atoms. The molecule has 0 heterocycles. The van der Waals surface area contributed by atoms with E-state index < -0.39 is 41.9 Å². The molecule has 0 bridgehead atoms. The van der Waals surface area contributed by atoms with Crippen LogP contribution in [-0.2, 0) is 23.9 Å². The fourth-order valence-corrected chi connectivity index (χ4v) is 3.53. The largest absolute Gasteiger partial charge is 0.497 e.